The molecular weight excluding hydrogens is 147 g/mol. The van der Waals surface area contributed by atoms with Crippen LogP contribution in [0.15, 0.2) is 12.4 Å². The highest BCUT2D eigenvalue weighted by Crippen LogP contribution is 2.07. The van der Waals surface area contributed by atoms with Gasteiger partial charge in [0.15, 0.2) is 0 Å². The van der Waals surface area contributed by atoms with Crippen LogP contribution in [0.5, 0.6) is 5.75 Å². The van der Waals surface area contributed by atoms with E-state index in [0.717, 1.165) is 12.4 Å². The van der Waals surface area contributed by atoms with Crippen molar-refractivity contribution < 1.29 is 9.47 Å². The lowest BCUT2D eigenvalue weighted by Gasteiger charge is -1.89. The Morgan fingerprint density at radius 3 is 2.44 bits per heavy atom. The molecule has 1 aromatic rings. The number of rotatable bonds is 1. The van der Waals surface area contributed by atoms with E-state index in [0.29, 0.717) is 0 Å². The summed E-state index contributed by atoms with van der Waals surface area (Å²) in [4.78, 5) is 10.2. The molecule has 0 fully saturated rings. The Labute approximate surface area is 55.4 Å². The summed E-state index contributed by atoms with van der Waals surface area (Å²) in [7, 11) is 0. The largest absolute Gasteiger partial charge is 0.291 e. The molecule has 3 nitrogen and oxygen atoms in total. The zero-order valence-electron chi connectivity index (χ0n) is 4.21. The molecule has 0 aliphatic heterocycles. The van der Waals surface area contributed by atoms with E-state index in [4.69, 9.17) is 11.6 Å². The number of aromatic nitrogens is 2. The molecule has 0 aliphatic rings. The van der Waals surface area contributed by atoms with Crippen LogP contribution in [-0.4, -0.2) is 9.97 Å². The highest BCUT2D eigenvalue weighted by molar-refractivity contribution is 6.28. The van der Waals surface area contributed by atoms with Gasteiger partial charge in [-0.3, -0.25) is 4.94 Å². The Bertz CT molecular complexity index is 190. The summed E-state index contributed by atoms with van der Waals surface area (Å²) in [6, 6.07) is 0. The van der Waals surface area contributed by atoms with Gasteiger partial charge in [-0.25, -0.2) is 9.97 Å². The fourth-order valence-electron chi connectivity index (χ4n) is 0.340. The van der Waals surface area contributed by atoms with Crippen molar-refractivity contribution in [2.45, 2.75) is 0 Å². The minimum absolute atomic E-state index is 0.0561. The second kappa shape index (κ2) is 2.59. The van der Waals surface area contributed by atoms with Gasteiger partial charge in [-0.15, -0.1) is 0 Å². The summed E-state index contributed by atoms with van der Waals surface area (Å²) in [5, 5.41) is 0.0656. The average Bonchev–Trinajstić information content (AvgIpc) is 1.90. The van der Waals surface area contributed by atoms with E-state index in [-0.39, 0.29) is 11.0 Å². The van der Waals surface area contributed by atoms with Gasteiger partial charge in [0.25, 0.3) is 0 Å². The van der Waals surface area contributed by atoms with Gasteiger partial charge in [0, 0.05) is 4.53 Å². The van der Waals surface area contributed by atoms with Crippen molar-refractivity contribution >= 4 is 11.6 Å². The van der Waals surface area contributed by atoms with Crippen molar-refractivity contribution in [3.63, 3.8) is 0 Å². The zero-order chi connectivity index (χ0) is 6.69. The van der Waals surface area contributed by atoms with Crippen molar-refractivity contribution in [3.8, 4) is 5.75 Å². The zero-order valence-corrected chi connectivity index (χ0v) is 4.97. The molecule has 0 atom stereocenters. The lowest BCUT2D eigenvalue weighted by molar-refractivity contribution is -0.00709. The monoisotopic (exact) mass is 148 g/mol. The quantitative estimate of drug-likeness (QED) is 0.565. The lowest BCUT2D eigenvalue weighted by atomic mass is 10.6. The molecule has 0 amide bonds. The molecule has 9 heavy (non-hydrogen) atoms. The second-order valence-corrected chi connectivity index (χ2v) is 1.60. The third-order valence-corrected chi connectivity index (χ3v) is 0.881. The van der Waals surface area contributed by atoms with E-state index < -0.39 is 0 Å². The van der Waals surface area contributed by atoms with Crippen LogP contribution in [0.4, 0.5) is 4.53 Å². The van der Waals surface area contributed by atoms with E-state index >= 15 is 0 Å². The Morgan fingerprint density at radius 2 is 2.00 bits per heavy atom. The molecule has 0 spiro atoms. The molecule has 0 saturated carbocycles. The van der Waals surface area contributed by atoms with Crippen LogP contribution < -0.4 is 4.94 Å². The van der Waals surface area contributed by atoms with Crippen LogP contribution in [0.3, 0.4) is 0 Å². The Kier molecular flexibility index (Phi) is 1.79. The van der Waals surface area contributed by atoms with E-state index in [1.165, 1.54) is 0 Å². The van der Waals surface area contributed by atoms with Crippen LogP contribution in [-0.2, 0) is 0 Å². The van der Waals surface area contributed by atoms with Crippen LogP contribution >= 0.6 is 11.6 Å². The topological polar surface area (TPSA) is 35.0 Å². The molecule has 1 rings (SSSR count). The maximum absolute atomic E-state index is 11.2. The summed E-state index contributed by atoms with van der Waals surface area (Å²) in [6.07, 6.45) is 2.27. The molecule has 1 heterocycles. The average molecular weight is 149 g/mol. The molecule has 5 heteroatoms. The third kappa shape index (κ3) is 1.50. The molecule has 0 aliphatic carbocycles. The van der Waals surface area contributed by atoms with E-state index in [9.17, 15) is 4.53 Å². The van der Waals surface area contributed by atoms with Gasteiger partial charge in [0.2, 0.25) is 11.0 Å². The maximum Gasteiger partial charge on any atom is 0.222 e. The van der Waals surface area contributed by atoms with E-state index in [1.54, 1.807) is 0 Å². The van der Waals surface area contributed by atoms with Gasteiger partial charge >= 0.3 is 0 Å². The molecule has 0 saturated heterocycles. The summed E-state index contributed by atoms with van der Waals surface area (Å²) in [5.41, 5.74) is 0. The van der Waals surface area contributed by atoms with Crippen molar-refractivity contribution in [1.29, 1.82) is 0 Å². The highest BCUT2D eigenvalue weighted by Gasteiger charge is 1.93. The molecule has 0 aromatic carbocycles. The smallest absolute Gasteiger partial charge is 0.222 e. The molecular formula is C4H2ClFN2O. The van der Waals surface area contributed by atoms with Gasteiger partial charge < -0.3 is 0 Å². The van der Waals surface area contributed by atoms with Crippen molar-refractivity contribution in [2.24, 2.45) is 0 Å². The van der Waals surface area contributed by atoms with Crippen molar-refractivity contribution in [1.82, 2.24) is 9.97 Å². The first-order valence-electron chi connectivity index (χ1n) is 2.09. The van der Waals surface area contributed by atoms with Gasteiger partial charge in [0.05, 0.1) is 12.4 Å². The first-order chi connectivity index (χ1) is 4.33. The SMILES string of the molecule is FOc1cnc(Cl)nc1. The molecule has 1 aromatic heterocycles. The second-order valence-electron chi connectivity index (χ2n) is 1.26. The summed E-state index contributed by atoms with van der Waals surface area (Å²) in [6.45, 7) is 0. The fraction of sp³-hybridized carbons (Fsp3) is 0. The van der Waals surface area contributed by atoms with Crippen LogP contribution in [0.2, 0.25) is 5.28 Å². The molecule has 48 valence electrons. The standard InChI is InChI=1S/C4H2ClFN2O/c5-4-7-1-3(9-6)2-8-4/h1-2H. The molecule has 0 unspecified atom stereocenters. The van der Waals surface area contributed by atoms with E-state index in [1.807, 2.05) is 0 Å². The summed E-state index contributed by atoms with van der Waals surface area (Å²) < 4.78 is 11.2. The number of hydrogen-bond acceptors (Lipinski definition) is 3. The van der Waals surface area contributed by atoms with Crippen LogP contribution in [0.1, 0.15) is 0 Å². The Hall–Kier alpha value is -0.900. The number of hydrogen-bond donors (Lipinski definition) is 0. The van der Waals surface area contributed by atoms with Crippen LogP contribution in [0.25, 0.3) is 0 Å². The molecule has 0 radical (unpaired) electrons. The Balaban J connectivity index is 2.88. The molecule has 0 bridgehead atoms. The van der Waals surface area contributed by atoms with Crippen LogP contribution in [0, 0.1) is 0 Å². The van der Waals surface area contributed by atoms with Gasteiger partial charge in [-0.05, 0) is 11.6 Å². The first kappa shape index (κ1) is 6.22. The summed E-state index contributed by atoms with van der Waals surface area (Å²) in [5.74, 6) is -0.0561. The molecule has 0 N–H and O–H groups in total. The normalized spacial score (nSPS) is 9.11. The number of nitrogens with zero attached hydrogens (tertiary/aromatic N) is 2. The minimum Gasteiger partial charge on any atom is -0.291 e. The fourth-order valence-corrected chi connectivity index (χ4v) is 0.438. The van der Waals surface area contributed by atoms with Gasteiger partial charge in [0.1, 0.15) is 0 Å². The maximum atomic E-state index is 11.2. The lowest BCUT2D eigenvalue weighted by Crippen LogP contribution is -1.82. The van der Waals surface area contributed by atoms with Crippen molar-refractivity contribution in [3.05, 3.63) is 17.7 Å². The third-order valence-electron chi connectivity index (χ3n) is 0.686. The predicted octanol–water partition coefficient (Wildman–Crippen LogP) is 1.39. The Morgan fingerprint density at radius 1 is 1.44 bits per heavy atom. The highest BCUT2D eigenvalue weighted by atomic mass is 35.5. The minimum atomic E-state index is -0.0561. The van der Waals surface area contributed by atoms with Gasteiger partial charge in [-0.2, -0.15) is 0 Å². The van der Waals surface area contributed by atoms with Crippen molar-refractivity contribution in [2.75, 3.05) is 0 Å². The predicted molar refractivity (Wildman–Crippen MR) is 28.8 cm³/mol. The van der Waals surface area contributed by atoms with E-state index in [2.05, 4.69) is 14.9 Å². The first-order valence-corrected chi connectivity index (χ1v) is 2.47. The summed E-state index contributed by atoms with van der Waals surface area (Å²) >= 11 is 5.27. The van der Waals surface area contributed by atoms with Gasteiger partial charge in [-0.1, -0.05) is 0 Å². The number of halogens is 2.